The minimum Gasteiger partial charge on any atom is -0.491 e. The van der Waals surface area contributed by atoms with Gasteiger partial charge in [-0.3, -0.25) is 0 Å². The second-order valence-electron chi connectivity index (χ2n) is 3.25. The van der Waals surface area contributed by atoms with E-state index < -0.39 is 0 Å². The number of rotatable bonds is 1. The summed E-state index contributed by atoms with van der Waals surface area (Å²) in [6.07, 6.45) is 1.05. The smallest absolute Gasteiger partial charge is 0.125 e. The predicted molar refractivity (Wildman–Crippen MR) is 61.0 cm³/mol. The molecule has 0 amide bonds. The summed E-state index contributed by atoms with van der Waals surface area (Å²) in [6, 6.07) is 4.33. The van der Waals surface area contributed by atoms with Gasteiger partial charge in [0.15, 0.2) is 0 Å². The Labute approximate surface area is 91.6 Å². The first-order valence-electron chi connectivity index (χ1n) is 4.43. The SMILES string of the molecule is CCc1cc2c(cc1I)OCC2N. The van der Waals surface area contributed by atoms with Gasteiger partial charge in [-0.25, -0.2) is 0 Å². The molecule has 1 unspecified atom stereocenters. The van der Waals surface area contributed by atoms with E-state index >= 15 is 0 Å². The van der Waals surface area contributed by atoms with Crippen LogP contribution in [-0.4, -0.2) is 6.61 Å². The number of ether oxygens (including phenoxy) is 1. The van der Waals surface area contributed by atoms with Crippen LogP contribution < -0.4 is 10.5 Å². The summed E-state index contributed by atoms with van der Waals surface area (Å²) in [6.45, 7) is 2.78. The van der Waals surface area contributed by atoms with E-state index in [2.05, 4.69) is 41.6 Å². The number of hydrogen-bond donors (Lipinski definition) is 1. The van der Waals surface area contributed by atoms with Gasteiger partial charge in [0.1, 0.15) is 12.4 Å². The number of aryl methyl sites for hydroxylation is 1. The fourth-order valence-corrected chi connectivity index (χ4v) is 2.39. The van der Waals surface area contributed by atoms with Crippen LogP contribution >= 0.6 is 22.6 Å². The average Bonchev–Trinajstić information content (AvgIpc) is 2.46. The van der Waals surface area contributed by atoms with Crippen molar-refractivity contribution < 1.29 is 4.74 Å². The number of hydrogen-bond acceptors (Lipinski definition) is 2. The van der Waals surface area contributed by atoms with Crippen LogP contribution in [0.4, 0.5) is 0 Å². The van der Waals surface area contributed by atoms with Crippen molar-refractivity contribution in [3.8, 4) is 5.75 Å². The maximum atomic E-state index is 5.89. The van der Waals surface area contributed by atoms with Crippen molar-refractivity contribution in [3.05, 3.63) is 26.8 Å². The van der Waals surface area contributed by atoms with E-state index in [0.29, 0.717) is 6.61 Å². The van der Waals surface area contributed by atoms with Crippen LogP contribution in [0.3, 0.4) is 0 Å². The lowest BCUT2D eigenvalue weighted by atomic mass is 10.0. The molecular formula is C10H12INO. The molecule has 3 heteroatoms. The first-order chi connectivity index (χ1) is 6.22. The summed E-state index contributed by atoms with van der Waals surface area (Å²) in [4.78, 5) is 0. The van der Waals surface area contributed by atoms with E-state index in [1.807, 2.05) is 0 Å². The lowest BCUT2D eigenvalue weighted by Crippen LogP contribution is -2.10. The van der Waals surface area contributed by atoms with E-state index in [4.69, 9.17) is 10.5 Å². The van der Waals surface area contributed by atoms with Crippen LogP contribution in [0.15, 0.2) is 12.1 Å². The molecule has 1 aromatic rings. The van der Waals surface area contributed by atoms with Gasteiger partial charge in [-0.15, -0.1) is 0 Å². The molecule has 0 fully saturated rings. The molecule has 2 N–H and O–H groups in total. The lowest BCUT2D eigenvalue weighted by molar-refractivity contribution is 0.333. The molecule has 2 rings (SSSR count). The molecule has 1 heterocycles. The molecule has 1 aromatic carbocycles. The van der Waals surface area contributed by atoms with Crippen molar-refractivity contribution in [1.29, 1.82) is 0 Å². The Balaban J connectivity index is 2.51. The molecular weight excluding hydrogens is 277 g/mol. The highest BCUT2D eigenvalue weighted by Crippen LogP contribution is 2.34. The molecule has 70 valence electrons. The molecule has 1 atom stereocenters. The fourth-order valence-electron chi connectivity index (χ4n) is 1.57. The molecule has 2 nitrogen and oxygen atoms in total. The summed E-state index contributed by atoms with van der Waals surface area (Å²) >= 11 is 2.34. The molecule has 0 bridgehead atoms. The van der Waals surface area contributed by atoms with Crippen molar-refractivity contribution in [3.63, 3.8) is 0 Å². The Morgan fingerprint density at radius 1 is 1.62 bits per heavy atom. The van der Waals surface area contributed by atoms with E-state index in [9.17, 15) is 0 Å². The van der Waals surface area contributed by atoms with E-state index in [0.717, 1.165) is 17.7 Å². The fraction of sp³-hybridized carbons (Fsp3) is 0.400. The van der Waals surface area contributed by atoms with Crippen LogP contribution in [0.2, 0.25) is 0 Å². The van der Waals surface area contributed by atoms with Gasteiger partial charge in [-0.05, 0) is 46.7 Å². The number of benzene rings is 1. The van der Waals surface area contributed by atoms with Gasteiger partial charge >= 0.3 is 0 Å². The van der Waals surface area contributed by atoms with Crippen LogP contribution in [0.1, 0.15) is 24.1 Å². The molecule has 0 radical (unpaired) electrons. The molecule has 1 aliphatic rings. The van der Waals surface area contributed by atoms with E-state index in [1.54, 1.807) is 0 Å². The predicted octanol–water partition coefficient (Wildman–Crippen LogP) is 2.25. The van der Waals surface area contributed by atoms with Crippen LogP contribution in [0, 0.1) is 3.57 Å². The van der Waals surface area contributed by atoms with Crippen LogP contribution in [0.5, 0.6) is 5.75 Å². The Morgan fingerprint density at radius 2 is 2.38 bits per heavy atom. The van der Waals surface area contributed by atoms with Crippen molar-refractivity contribution >= 4 is 22.6 Å². The van der Waals surface area contributed by atoms with Gasteiger partial charge in [0.25, 0.3) is 0 Å². The van der Waals surface area contributed by atoms with Crippen LogP contribution in [-0.2, 0) is 6.42 Å². The monoisotopic (exact) mass is 289 g/mol. The summed E-state index contributed by atoms with van der Waals surface area (Å²) in [7, 11) is 0. The van der Waals surface area contributed by atoms with Gasteiger partial charge in [0, 0.05) is 9.13 Å². The van der Waals surface area contributed by atoms with Gasteiger partial charge in [-0.2, -0.15) is 0 Å². The second-order valence-corrected chi connectivity index (χ2v) is 4.41. The maximum absolute atomic E-state index is 5.89. The lowest BCUT2D eigenvalue weighted by Gasteiger charge is -2.06. The minimum absolute atomic E-state index is 0.0669. The standard InChI is InChI=1S/C10H12INO/c1-2-6-3-7-9(12)5-13-10(7)4-8(6)11/h3-4,9H,2,5,12H2,1H3. The normalized spacial score (nSPS) is 19.8. The van der Waals surface area contributed by atoms with Crippen molar-refractivity contribution in [1.82, 2.24) is 0 Å². The third-order valence-electron chi connectivity index (χ3n) is 2.38. The number of fused-ring (bicyclic) bond motifs is 1. The van der Waals surface area contributed by atoms with Gasteiger partial charge in [0.05, 0.1) is 6.04 Å². The maximum Gasteiger partial charge on any atom is 0.125 e. The highest BCUT2D eigenvalue weighted by atomic mass is 127. The zero-order valence-corrected chi connectivity index (χ0v) is 9.67. The third-order valence-corrected chi connectivity index (χ3v) is 3.38. The summed E-state index contributed by atoms with van der Waals surface area (Å²) in [5.41, 5.74) is 8.42. The summed E-state index contributed by atoms with van der Waals surface area (Å²) in [5, 5.41) is 0. The van der Waals surface area contributed by atoms with Gasteiger partial charge in [0.2, 0.25) is 0 Å². The van der Waals surface area contributed by atoms with Crippen molar-refractivity contribution in [2.24, 2.45) is 5.73 Å². The zero-order chi connectivity index (χ0) is 9.42. The number of halogens is 1. The van der Waals surface area contributed by atoms with Crippen molar-refractivity contribution in [2.75, 3.05) is 6.61 Å². The Morgan fingerprint density at radius 3 is 3.08 bits per heavy atom. The van der Waals surface area contributed by atoms with Crippen LogP contribution in [0.25, 0.3) is 0 Å². The molecule has 0 spiro atoms. The van der Waals surface area contributed by atoms with Gasteiger partial charge in [-0.1, -0.05) is 6.92 Å². The van der Waals surface area contributed by atoms with E-state index in [1.165, 1.54) is 9.13 Å². The number of nitrogens with two attached hydrogens (primary N) is 1. The second kappa shape index (κ2) is 3.46. The molecule has 1 aliphatic heterocycles. The third kappa shape index (κ3) is 1.55. The minimum atomic E-state index is 0.0669. The molecule has 0 saturated heterocycles. The molecule has 0 saturated carbocycles. The van der Waals surface area contributed by atoms with Crippen molar-refractivity contribution in [2.45, 2.75) is 19.4 Å². The first-order valence-corrected chi connectivity index (χ1v) is 5.51. The largest absolute Gasteiger partial charge is 0.491 e. The quantitative estimate of drug-likeness (QED) is 0.805. The molecule has 0 aliphatic carbocycles. The Bertz CT molecular complexity index is 338. The summed E-state index contributed by atoms with van der Waals surface area (Å²) < 4.78 is 6.73. The average molecular weight is 289 g/mol. The Hall–Kier alpha value is -0.290. The topological polar surface area (TPSA) is 35.2 Å². The highest BCUT2D eigenvalue weighted by molar-refractivity contribution is 14.1. The first kappa shape index (κ1) is 9.27. The summed E-state index contributed by atoms with van der Waals surface area (Å²) in [5.74, 6) is 0.967. The highest BCUT2D eigenvalue weighted by Gasteiger charge is 2.21. The Kier molecular flexibility index (Phi) is 2.47. The van der Waals surface area contributed by atoms with E-state index in [-0.39, 0.29) is 6.04 Å². The molecule has 0 aromatic heterocycles. The van der Waals surface area contributed by atoms with Gasteiger partial charge < -0.3 is 10.5 Å². The zero-order valence-electron chi connectivity index (χ0n) is 7.51. The molecule has 13 heavy (non-hydrogen) atoms.